The highest BCUT2D eigenvalue weighted by atomic mass is 16.5. The maximum absolute atomic E-state index is 11.3. The Balaban J connectivity index is 2.47. The highest BCUT2D eigenvalue weighted by molar-refractivity contribution is 5.82. The summed E-state index contributed by atoms with van der Waals surface area (Å²) in [6.07, 6.45) is 4.57. The van der Waals surface area contributed by atoms with Crippen LogP contribution < -0.4 is 4.74 Å². The second-order valence-corrected chi connectivity index (χ2v) is 5.22. The standard InChI is InChI=1S/C18H26O3/c1-5-15(4)21-17-11-9-16(10-12-17)8-7-14(3)13-18(19)20-6-2/h9-13,15H,5-8H2,1-4H3. The van der Waals surface area contributed by atoms with Crippen molar-refractivity contribution in [2.75, 3.05) is 6.61 Å². The molecule has 0 spiro atoms. The van der Waals surface area contributed by atoms with Crippen molar-refractivity contribution in [3.8, 4) is 5.75 Å². The van der Waals surface area contributed by atoms with E-state index >= 15 is 0 Å². The first-order valence-corrected chi connectivity index (χ1v) is 7.64. The maximum atomic E-state index is 11.3. The van der Waals surface area contributed by atoms with E-state index in [4.69, 9.17) is 9.47 Å². The van der Waals surface area contributed by atoms with E-state index in [1.54, 1.807) is 6.08 Å². The third-order valence-corrected chi connectivity index (χ3v) is 3.29. The van der Waals surface area contributed by atoms with Crippen molar-refractivity contribution in [2.24, 2.45) is 0 Å². The van der Waals surface area contributed by atoms with Crippen molar-refractivity contribution in [3.63, 3.8) is 0 Å². The van der Waals surface area contributed by atoms with Crippen molar-refractivity contribution in [1.29, 1.82) is 0 Å². The smallest absolute Gasteiger partial charge is 0.330 e. The van der Waals surface area contributed by atoms with Crippen LogP contribution in [-0.2, 0) is 16.0 Å². The molecule has 0 aliphatic rings. The van der Waals surface area contributed by atoms with E-state index in [9.17, 15) is 4.79 Å². The van der Waals surface area contributed by atoms with Gasteiger partial charge in [-0.15, -0.1) is 0 Å². The molecule has 0 saturated carbocycles. The van der Waals surface area contributed by atoms with E-state index in [1.165, 1.54) is 5.56 Å². The van der Waals surface area contributed by atoms with Gasteiger partial charge in [0.25, 0.3) is 0 Å². The zero-order chi connectivity index (χ0) is 15.7. The number of carbonyl (C=O) groups is 1. The van der Waals surface area contributed by atoms with Gasteiger partial charge in [-0.2, -0.15) is 0 Å². The van der Waals surface area contributed by atoms with Crippen LogP contribution in [0.4, 0.5) is 0 Å². The third-order valence-electron chi connectivity index (χ3n) is 3.29. The molecule has 0 aliphatic heterocycles. The molecule has 0 heterocycles. The molecular weight excluding hydrogens is 264 g/mol. The van der Waals surface area contributed by atoms with E-state index in [-0.39, 0.29) is 12.1 Å². The molecular formula is C18H26O3. The van der Waals surface area contributed by atoms with Crippen LogP contribution in [0, 0.1) is 0 Å². The Kier molecular flexibility index (Phi) is 7.59. The van der Waals surface area contributed by atoms with E-state index in [0.717, 1.165) is 30.6 Å². The molecule has 3 heteroatoms. The monoisotopic (exact) mass is 290 g/mol. The fourth-order valence-electron chi connectivity index (χ4n) is 1.85. The Labute approximate surface area is 128 Å². The molecule has 0 saturated heterocycles. The number of allylic oxidation sites excluding steroid dienone is 1. The normalized spacial score (nSPS) is 12.9. The average molecular weight is 290 g/mol. The quantitative estimate of drug-likeness (QED) is 0.529. The molecule has 0 aliphatic carbocycles. The minimum atomic E-state index is -0.257. The molecule has 3 nitrogen and oxygen atoms in total. The number of hydrogen-bond acceptors (Lipinski definition) is 3. The fraction of sp³-hybridized carbons (Fsp3) is 0.500. The summed E-state index contributed by atoms with van der Waals surface area (Å²) in [5.74, 6) is 0.652. The molecule has 0 fully saturated rings. The minimum absolute atomic E-state index is 0.241. The lowest BCUT2D eigenvalue weighted by atomic mass is 10.1. The van der Waals surface area contributed by atoms with Crippen LogP contribution in [0.5, 0.6) is 5.75 Å². The fourth-order valence-corrected chi connectivity index (χ4v) is 1.85. The minimum Gasteiger partial charge on any atom is -0.491 e. The Morgan fingerprint density at radius 1 is 1.24 bits per heavy atom. The van der Waals surface area contributed by atoms with E-state index < -0.39 is 0 Å². The molecule has 0 amide bonds. The summed E-state index contributed by atoms with van der Waals surface area (Å²) in [7, 11) is 0. The Bertz CT molecular complexity index is 460. The van der Waals surface area contributed by atoms with Gasteiger partial charge in [-0.25, -0.2) is 4.79 Å². The SMILES string of the molecule is CCOC(=O)C=C(C)CCc1ccc(OC(C)CC)cc1. The van der Waals surface area contributed by atoms with Gasteiger partial charge >= 0.3 is 5.97 Å². The van der Waals surface area contributed by atoms with Crippen molar-refractivity contribution in [1.82, 2.24) is 0 Å². The number of esters is 1. The Morgan fingerprint density at radius 3 is 2.48 bits per heavy atom. The predicted octanol–water partition coefficient (Wildman–Crippen LogP) is 4.31. The lowest BCUT2D eigenvalue weighted by Gasteiger charge is -2.12. The molecule has 1 aromatic rings. The highest BCUT2D eigenvalue weighted by Crippen LogP contribution is 2.17. The van der Waals surface area contributed by atoms with Gasteiger partial charge in [0.1, 0.15) is 5.75 Å². The molecule has 1 aromatic carbocycles. The van der Waals surface area contributed by atoms with E-state index in [0.29, 0.717) is 6.61 Å². The first-order chi connectivity index (χ1) is 10.0. The molecule has 1 rings (SSSR count). The summed E-state index contributed by atoms with van der Waals surface area (Å²) in [4.78, 5) is 11.3. The molecule has 0 aromatic heterocycles. The van der Waals surface area contributed by atoms with Crippen molar-refractivity contribution in [2.45, 2.75) is 53.1 Å². The first-order valence-electron chi connectivity index (χ1n) is 7.64. The lowest BCUT2D eigenvalue weighted by molar-refractivity contribution is -0.137. The number of carbonyl (C=O) groups excluding carboxylic acids is 1. The van der Waals surface area contributed by atoms with Gasteiger partial charge in [0, 0.05) is 6.08 Å². The van der Waals surface area contributed by atoms with Gasteiger partial charge in [0.2, 0.25) is 0 Å². The predicted molar refractivity (Wildman–Crippen MR) is 85.5 cm³/mol. The summed E-state index contributed by atoms with van der Waals surface area (Å²) in [6, 6.07) is 8.17. The molecule has 0 radical (unpaired) electrons. The molecule has 0 N–H and O–H groups in total. The maximum Gasteiger partial charge on any atom is 0.330 e. The number of benzene rings is 1. The van der Waals surface area contributed by atoms with Gasteiger partial charge in [0.15, 0.2) is 0 Å². The van der Waals surface area contributed by atoms with Gasteiger partial charge in [-0.3, -0.25) is 0 Å². The lowest BCUT2D eigenvalue weighted by Crippen LogP contribution is -2.09. The Morgan fingerprint density at radius 2 is 1.90 bits per heavy atom. The van der Waals surface area contributed by atoms with E-state index in [1.807, 2.05) is 26.0 Å². The van der Waals surface area contributed by atoms with Crippen LogP contribution in [0.2, 0.25) is 0 Å². The second kappa shape index (κ2) is 9.22. The number of aryl methyl sites for hydroxylation is 1. The topological polar surface area (TPSA) is 35.5 Å². The zero-order valence-electron chi connectivity index (χ0n) is 13.5. The van der Waals surface area contributed by atoms with Crippen LogP contribution in [0.25, 0.3) is 0 Å². The molecule has 21 heavy (non-hydrogen) atoms. The van der Waals surface area contributed by atoms with Crippen LogP contribution in [-0.4, -0.2) is 18.7 Å². The summed E-state index contributed by atoms with van der Waals surface area (Å²) >= 11 is 0. The van der Waals surface area contributed by atoms with Crippen LogP contribution >= 0.6 is 0 Å². The number of hydrogen-bond donors (Lipinski definition) is 0. The van der Waals surface area contributed by atoms with Crippen molar-refractivity contribution < 1.29 is 14.3 Å². The summed E-state index contributed by atoms with van der Waals surface area (Å²) < 4.78 is 10.6. The summed E-state index contributed by atoms with van der Waals surface area (Å²) in [6.45, 7) is 8.36. The van der Waals surface area contributed by atoms with Crippen LogP contribution in [0.15, 0.2) is 35.9 Å². The highest BCUT2D eigenvalue weighted by Gasteiger charge is 2.02. The summed E-state index contributed by atoms with van der Waals surface area (Å²) in [5, 5.41) is 0. The zero-order valence-corrected chi connectivity index (χ0v) is 13.5. The molecule has 0 bridgehead atoms. The van der Waals surface area contributed by atoms with Gasteiger partial charge in [-0.1, -0.05) is 24.6 Å². The van der Waals surface area contributed by atoms with Crippen LogP contribution in [0.1, 0.15) is 46.1 Å². The van der Waals surface area contributed by atoms with Crippen molar-refractivity contribution in [3.05, 3.63) is 41.5 Å². The second-order valence-electron chi connectivity index (χ2n) is 5.22. The van der Waals surface area contributed by atoms with Gasteiger partial charge in [-0.05, 0) is 57.7 Å². The van der Waals surface area contributed by atoms with Gasteiger partial charge in [0.05, 0.1) is 12.7 Å². The average Bonchev–Trinajstić information content (AvgIpc) is 2.46. The third kappa shape index (κ3) is 6.98. The number of ether oxygens (including phenoxy) is 2. The number of rotatable bonds is 8. The van der Waals surface area contributed by atoms with E-state index in [2.05, 4.69) is 26.0 Å². The summed E-state index contributed by atoms with van der Waals surface area (Å²) in [5.41, 5.74) is 2.27. The molecule has 1 atom stereocenters. The largest absolute Gasteiger partial charge is 0.491 e. The van der Waals surface area contributed by atoms with Crippen molar-refractivity contribution >= 4 is 5.97 Å². The van der Waals surface area contributed by atoms with Crippen LogP contribution in [0.3, 0.4) is 0 Å². The Hall–Kier alpha value is -1.77. The first kappa shape index (κ1) is 17.3. The molecule has 116 valence electrons. The van der Waals surface area contributed by atoms with Gasteiger partial charge < -0.3 is 9.47 Å². The molecule has 1 unspecified atom stereocenters.